The number of benzene rings is 1. The maximum absolute atomic E-state index is 12.2. The highest BCUT2D eigenvalue weighted by Gasteiger charge is 2.37. The third-order valence-electron chi connectivity index (χ3n) is 3.94. The van der Waals surface area contributed by atoms with Gasteiger partial charge in [0.05, 0.1) is 18.2 Å². The summed E-state index contributed by atoms with van der Waals surface area (Å²) in [7, 11) is 1.53. The molecule has 5 heteroatoms. The average molecular weight is 293 g/mol. The predicted molar refractivity (Wildman–Crippen MR) is 81.6 cm³/mol. The average Bonchev–Trinajstić information content (AvgIpc) is 2.46. The molecule has 0 saturated carbocycles. The first kappa shape index (κ1) is 17.0. The lowest BCUT2D eigenvalue weighted by Crippen LogP contribution is -2.34. The number of carbonyl (C=O) groups is 2. The molecule has 1 aromatic carbocycles. The van der Waals surface area contributed by atoms with E-state index in [9.17, 15) is 14.7 Å². The SMILES string of the molecule is CCC(CC)(CC(=O)Nc1ccc(C)cc1OC)C(=O)O. The molecule has 0 aliphatic rings. The van der Waals surface area contributed by atoms with Gasteiger partial charge in [-0.2, -0.15) is 0 Å². The van der Waals surface area contributed by atoms with E-state index >= 15 is 0 Å². The van der Waals surface area contributed by atoms with Crippen molar-refractivity contribution in [1.82, 2.24) is 0 Å². The number of nitrogens with one attached hydrogen (secondary N) is 1. The topological polar surface area (TPSA) is 75.6 Å². The zero-order chi connectivity index (χ0) is 16.0. The Morgan fingerprint density at radius 1 is 1.29 bits per heavy atom. The van der Waals surface area contributed by atoms with E-state index in [4.69, 9.17) is 4.74 Å². The Kier molecular flexibility index (Phi) is 5.76. The maximum Gasteiger partial charge on any atom is 0.310 e. The minimum Gasteiger partial charge on any atom is -0.495 e. The molecule has 1 rings (SSSR count). The van der Waals surface area contributed by atoms with Gasteiger partial charge in [-0.05, 0) is 37.5 Å². The number of carboxylic acids is 1. The molecule has 0 saturated heterocycles. The van der Waals surface area contributed by atoms with E-state index in [0.717, 1.165) is 5.56 Å². The summed E-state index contributed by atoms with van der Waals surface area (Å²) in [6, 6.07) is 5.44. The van der Waals surface area contributed by atoms with Gasteiger partial charge in [0.25, 0.3) is 0 Å². The van der Waals surface area contributed by atoms with Crippen LogP contribution in [-0.4, -0.2) is 24.1 Å². The zero-order valence-electron chi connectivity index (χ0n) is 13.0. The molecule has 1 amide bonds. The second-order valence-corrected chi connectivity index (χ2v) is 5.22. The molecule has 5 nitrogen and oxygen atoms in total. The van der Waals surface area contributed by atoms with Crippen molar-refractivity contribution in [2.45, 2.75) is 40.0 Å². The van der Waals surface area contributed by atoms with Crippen molar-refractivity contribution in [3.05, 3.63) is 23.8 Å². The van der Waals surface area contributed by atoms with Gasteiger partial charge in [0.1, 0.15) is 5.75 Å². The van der Waals surface area contributed by atoms with Crippen LogP contribution in [0.3, 0.4) is 0 Å². The van der Waals surface area contributed by atoms with Crippen LogP contribution in [0.2, 0.25) is 0 Å². The molecule has 0 radical (unpaired) electrons. The van der Waals surface area contributed by atoms with Crippen molar-refractivity contribution in [3.63, 3.8) is 0 Å². The Morgan fingerprint density at radius 3 is 2.38 bits per heavy atom. The van der Waals surface area contributed by atoms with E-state index in [2.05, 4.69) is 5.32 Å². The first-order valence-corrected chi connectivity index (χ1v) is 7.06. The number of anilines is 1. The van der Waals surface area contributed by atoms with E-state index < -0.39 is 11.4 Å². The summed E-state index contributed by atoms with van der Waals surface area (Å²) in [5, 5.41) is 12.1. The van der Waals surface area contributed by atoms with Crippen molar-refractivity contribution in [2.75, 3.05) is 12.4 Å². The molecule has 0 aliphatic heterocycles. The zero-order valence-corrected chi connectivity index (χ0v) is 13.0. The Morgan fingerprint density at radius 2 is 1.90 bits per heavy atom. The summed E-state index contributed by atoms with van der Waals surface area (Å²) in [5.41, 5.74) is 0.564. The normalized spacial score (nSPS) is 11.0. The molecule has 0 unspecified atom stereocenters. The van der Waals surface area contributed by atoms with Gasteiger partial charge in [-0.1, -0.05) is 19.9 Å². The van der Waals surface area contributed by atoms with Crippen LogP contribution in [0.5, 0.6) is 5.75 Å². The van der Waals surface area contributed by atoms with Crippen LogP contribution in [0.25, 0.3) is 0 Å². The molecule has 0 heterocycles. The summed E-state index contributed by atoms with van der Waals surface area (Å²) in [6.07, 6.45) is 0.779. The molecule has 0 fully saturated rings. The van der Waals surface area contributed by atoms with Gasteiger partial charge < -0.3 is 15.2 Å². The van der Waals surface area contributed by atoms with Gasteiger partial charge in [-0.3, -0.25) is 9.59 Å². The van der Waals surface area contributed by atoms with Crippen LogP contribution in [0.15, 0.2) is 18.2 Å². The number of rotatable bonds is 7. The lowest BCUT2D eigenvalue weighted by molar-refractivity contribution is -0.151. The predicted octanol–water partition coefficient (Wildman–Crippen LogP) is 3.22. The summed E-state index contributed by atoms with van der Waals surface area (Å²) >= 11 is 0. The van der Waals surface area contributed by atoms with Crippen LogP contribution >= 0.6 is 0 Å². The van der Waals surface area contributed by atoms with Crippen molar-refractivity contribution >= 4 is 17.6 Å². The van der Waals surface area contributed by atoms with E-state index in [1.54, 1.807) is 19.9 Å². The number of aryl methyl sites for hydroxylation is 1. The molecule has 1 aromatic rings. The summed E-state index contributed by atoms with van der Waals surface area (Å²) in [5.74, 6) is -0.681. The largest absolute Gasteiger partial charge is 0.495 e. The van der Waals surface area contributed by atoms with Crippen LogP contribution in [0.1, 0.15) is 38.7 Å². The van der Waals surface area contributed by atoms with E-state index in [1.807, 2.05) is 19.1 Å². The number of carboxylic acid groups (broad SMARTS) is 1. The number of methoxy groups -OCH3 is 1. The van der Waals surface area contributed by atoms with Gasteiger partial charge >= 0.3 is 5.97 Å². The second kappa shape index (κ2) is 7.11. The van der Waals surface area contributed by atoms with Gasteiger partial charge in [0.2, 0.25) is 5.91 Å². The lowest BCUT2D eigenvalue weighted by Gasteiger charge is -2.26. The Labute approximate surface area is 125 Å². The smallest absolute Gasteiger partial charge is 0.310 e. The number of aliphatic carboxylic acids is 1. The van der Waals surface area contributed by atoms with Crippen LogP contribution in [0.4, 0.5) is 5.69 Å². The quantitative estimate of drug-likeness (QED) is 0.809. The monoisotopic (exact) mass is 293 g/mol. The summed E-state index contributed by atoms with van der Waals surface area (Å²) < 4.78 is 5.23. The number of hydrogen-bond donors (Lipinski definition) is 2. The van der Waals surface area contributed by atoms with Crippen LogP contribution in [-0.2, 0) is 9.59 Å². The third kappa shape index (κ3) is 3.97. The van der Waals surface area contributed by atoms with Gasteiger partial charge in [-0.15, -0.1) is 0 Å². The molecule has 0 bridgehead atoms. The fourth-order valence-electron chi connectivity index (χ4n) is 2.28. The minimum absolute atomic E-state index is 0.0492. The molecule has 2 N–H and O–H groups in total. The van der Waals surface area contributed by atoms with E-state index in [-0.39, 0.29) is 12.3 Å². The number of amides is 1. The molecule has 0 spiro atoms. The summed E-state index contributed by atoms with van der Waals surface area (Å²) in [6.45, 7) is 5.51. The first-order chi connectivity index (χ1) is 9.88. The Hall–Kier alpha value is -2.04. The van der Waals surface area contributed by atoms with Crippen molar-refractivity contribution < 1.29 is 19.4 Å². The number of hydrogen-bond acceptors (Lipinski definition) is 3. The molecule has 0 aliphatic carbocycles. The lowest BCUT2D eigenvalue weighted by atomic mass is 9.79. The maximum atomic E-state index is 12.2. The molecule has 21 heavy (non-hydrogen) atoms. The highest BCUT2D eigenvalue weighted by atomic mass is 16.5. The van der Waals surface area contributed by atoms with Crippen LogP contribution in [0, 0.1) is 12.3 Å². The molecular formula is C16H23NO4. The molecular weight excluding hydrogens is 270 g/mol. The van der Waals surface area contributed by atoms with Crippen LogP contribution < -0.4 is 10.1 Å². The number of ether oxygens (including phenoxy) is 1. The van der Waals surface area contributed by atoms with Gasteiger partial charge in [-0.25, -0.2) is 0 Å². The minimum atomic E-state index is -1.01. The van der Waals surface area contributed by atoms with E-state index in [0.29, 0.717) is 24.3 Å². The first-order valence-electron chi connectivity index (χ1n) is 7.06. The molecule has 0 atom stereocenters. The van der Waals surface area contributed by atoms with E-state index in [1.165, 1.54) is 7.11 Å². The summed E-state index contributed by atoms with van der Waals surface area (Å²) in [4.78, 5) is 23.6. The molecule has 116 valence electrons. The Balaban J connectivity index is 2.89. The highest BCUT2D eigenvalue weighted by Crippen LogP contribution is 2.32. The standard InChI is InChI=1S/C16H23NO4/c1-5-16(6-2,15(19)20)10-14(18)17-12-8-7-11(3)9-13(12)21-4/h7-9H,5-6,10H2,1-4H3,(H,17,18)(H,19,20). The molecule has 0 aromatic heterocycles. The van der Waals surface area contributed by atoms with Crippen molar-refractivity contribution in [2.24, 2.45) is 5.41 Å². The van der Waals surface area contributed by atoms with Crippen molar-refractivity contribution in [1.29, 1.82) is 0 Å². The fourth-order valence-corrected chi connectivity index (χ4v) is 2.28. The highest BCUT2D eigenvalue weighted by molar-refractivity contribution is 5.95. The van der Waals surface area contributed by atoms with Crippen molar-refractivity contribution in [3.8, 4) is 5.75 Å². The number of carbonyl (C=O) groups excluding carboxylic acids is 1. The Bertz CT molecular complexity index is 521. The second-order valence-electron chi connectivity index (χ2n) is 5.22. The fraction of sp³-hybridized carbons (Fsp3) is 0.500. The third-order valence-corrected chi connectivity index (χ3v) is 3.94. The van der Waals surface area contributed by atoms with Gasteiger partial charge in [0, 0.05) is 6.42 Å². The van der Waals surface area contributed by atoms with Gasteiger partial charge in [0.15, 0.2) is 0 Å².